The van der Waals surface area contributed by atoms with Crippen molar-refractivity contribution in [1.29, 1.82) is 0 Å². The minimum atomic E-state index is -0.208. The first kappa shape index (κ1) is 17.6. The van der Waals surface area contributed by atoms with Crippen LogP contribution in [0.1, 0.15) is 32.6 Å². The maximum Gasteiger partial charge on any atom is 0.319 e. The number of rotatable bonds is 6. The summed E-state index contributed by atoms with van der Waals surface area (Å²) in [5.41, 5.74) is 1.72. The smallest absolute Gasteiger partial charge is 0.319 e. The second kappa shape index (κ2) is 7.06. The zero-order valence-corrected chi connectivity index (χ0v) is 15.5. The van der Waals surface area contributed by atoms with Crippen LogP contribution in [0, 0.1) is 5.41 Å². The second-order valence-corrected chi connectivity index (χ2v) is 7.71. The Morgan fingerprint density at radius 1 is 1.30 bits per heavy atom. The summed E-state index contributed by atoms with van der Waals surface area (Å²) in [7, 11) is 0. The molecule has 0 unspecified atom stereocenters. The molecule has 2 aromatic rings. The van der Waals surface area contributed by atoms with Crippen molar-refractivity contribution in [3.63, 3.8) is 0 Å². The van der Waals surface area contributed by atoms with E-state index in [0.29, 0.717) is 18.7 Å². The van der Waals surface area contributed by atoms with Crippen molar-refractivity contribution >= 4 is 23.3 Å². The summed E-state index contributed by atoms with van der Waals surface area (Å²) in [6.45, 7) is 3.52. The van der Waals surface area contributed by atoms with Crippen molar-refractivity contribution in [3.05, 3.63) is 42.7 Å². The Morgan fingerprint density at radius 3 is 2.67 bits per heavy atom. The monoisotopic (exact) mass is 367 g/mol. The minimum Gasteiger partial charge on any atom is -0.337 e. The van der Waals surface area contributed by atoms with E-state index in [4.69, 9.17) is 0 Å². The lowest BCUT2D eigenvalue weighted by molar-refractivity contribution is -0.117. The fourth-order valence-corrected chi connectivity index (χ4v) is 3.68. The van der Waals surface area contributed by atoms with Gasteiger partial charge in [-0.25, -0.2) is 4.79 Å². The maximum absolute atomic E-state index is 12.2. The first-order chi connectivity index (χ1) is 13.0. The topological polar surface area (TPSA) is 79.3 Å². The Labute approximate surface area is 158 Å². The van der Waals surface area contributed by atoms with Gasteiger partial charge in [0, 0.05) is 54.7 Å². The van der Waals surface area contributed by atoms with Crippen LogP contribution in [0.5, 0.6) is 0 Å². The molecule has 27 heavy (non-hydrogen) atoms. The molecule has 142 valence electrons. The van der Waals surface area contributed by atoms with Gasteiger partial charge in [-0.1, -0.05) is 0 Å². The highest BCUT2D eigenvalue weighted by molar-refractivity contribution is 5.96. The van der Waals surface area contributed by atoms with E-state index >= 15 is 0 Å². The predicted molar refractivity (Wildman–Crippen MR) is 104 cm³/mol. The third kappa shape index (κ3) is 3.97. The van der Waals surface area contributed by atoms with Crippen molar-refractivity contribution < 1.29 is 9.59 Å². The maximum atomic E-state index is 12.2. The quantitative estimate of drug-likeness (QED) is 0.824. The molecule has 7 heteroatoms. The molecule has 2 fully saturated rings. The van der Waals surface area contributed by atoms with E-state index in [1.807, 2.05) is 46.1 Å². The van der Waals surface area contributed by atoms with Gasteiger partial charge in [0.15, 0.2) is 0 Å². The van der Waals surface area contributed by atoms with Crippen LogP contribution in [0.15, 0.2) is 42.7 Å². The van der Waals surface area contributed by atoms with Crippen molar-refractivity contribution in [2.24, 2.45) is 5.41 Å². The molecule has 3 amide bonds. The van der Waals surface area contributed by atoms with E-state index in [1.54, 1.807) is 6.20 Å². The Balaban J connectivity index is 1.29. The van der Waals surface area contributed by atoms with Crippen LogP contribution in [-0.2, 0) is 11.3 Å². The Kier molecular flexibility index (Phi) is 4.59. The van der Waals surface area contributed by atoms with Gasteiger partial charge in [-0.2, -0.15) is 5.10 Å². The SMILES string of the molecule is C[C@H]1CCC(=O)N1c1ccc(NC(=O)NCC2(Cn3cccn3)CC2)cc1. The van der Waals surface area contributed by atoms with Crippen LogP contribution in [0.3, 0.4) is 0 Å². The first-order valence-corrected chi connectivity index (χ1v) is 9.49. The number of nitrogens with one attached hydrogen (secondary N) is 2. The van der Waals surface area contributed by atoms with E-state index < -0.39 is 0 Å². The summed E-state index contributed by atoms with van der Waals surface area (Å²) >= 11 is 0. The molecular formula is C20H25N5O2. The molecule has 2 heterocycles. The van der Waals surface area contributed by atoms with Crippen LogP contribution >= 0.6 is 0 Å². The largest absolute Gasteiger partial charge is 0.337 e. The molecule has 1 saturated heterocycles. The molecule has 1 atom stereocenters. The van der Waals surface area contributed by atoms with Crippen molar-refractivity contribution in [2.45, 2.75) is 45.2 Å². The summed E-state index contributed by atoms with van der Waals surface area (Å²) in [4.78, 5) is 26.0. The molecule has 2 aliphatic rings. The molecule has 1 aromatic heterocycles. The van der Waals surface area contributed by atoms with Gasteiger partial charge < -0.3 is 15.5 Å². The fourth-order valence-electron chi connectivity index (χ4n) is 3.68. The standard InChI is InChI=1S/C20H25N5O2/c1-15-3-8-18(26)25(15)17-6-4-16(5-7-17)23-19(27)21-13-20(9-10-20)14-24-12-2-11-22-24/h2,4-7,11-12,15H,3,8-10,13-14H2,1H3,(H2,21,23,27)/t15-/m0/s1. The van der Waals surface area contributed by atoms with Crippen LogP contribution in [-0.4, -0.2) is 34.3 Å². The lowest BCUT2D eigenvalue weighted by Gasteiger charge is -2.22. The molecular weight excluding hydrogens is 342 g/mol. The van der Waals surface area contributed by atoms with E-state index in [0.717, 1.165) is 31.5 Å². The van der Waals surface area contributed by atoms with Gasteiger partial charge in [0.25, 0.3) is 0 Å². The molecule has 1 aromatic carbocycles. The Hall–Kier alpha value is -2.83. The molecule has 0 radical (unpaired) electrons. The number of nitrogens with zero attached hydrogens (tertiary/aromatic N) is 3. The minimum absolute atomic E-state index is 0.124. The average Bonchev–Trinajstić information content (AvgIpc) is 3.05. The normalized spacial score (nSPS) is 20.6. The molecule has 0 spiro atoms. The summed E-state index contributed by atoms with van der Waals surface area (Å²) in [5, 5.41) is 10.1. The van der Waals surface area contributed by atoms with Crippen molar-refractivity contribution in [3.8, 4) is 0 Å². The Bertz CT molecular complexity index is 811. The average molecular weight is 367 g/mol. The summed E-state index contributed by atoms with van der Waals surface area (Å²) in [6.07, 6.45) is 7.42. The van der Waals surface area contributed by atoms with E-state index in [2.05, 4.69) is 22.7 Å². The van der Waals surface area contributed by atoms with E-state index in [-0.39, 0.29) is 23.4 Å². The molecule has 1 saturated carbocycles. The summed E-state index contributed by atoms with van der Waals surface area (Å²) < 4.78 is 1.92. The number of amides is 3. The highest BCUT2D eigenvalue weighted by Crippen LogP contribution is 2.46. The number of aromatic nitrogens is 2. The summed E-state index contributed by atoms with van der Waals surface area (Å²) in [6, 6.07) is 9.37. The summed E-state index contributed by atoms with van der Waals surface area (Å²) in [5.74, 6) is 0.160. The molecule has 1 aliphatic carbocycles. The van der Waals surface area contributed by atoms with Gasteiger partial charge in [-0.15, -0.1) is 0 Å². The third-order valence-corrected chi connectivity index (χ3v) is 5.53. The number of carbonyl (C=O) groups excluding carboxylic acids is 2. The lowest BCUT2D eigenvalue weighted by atomic mass is 10.1. The molecule has 0 bridgehead atoms. The predicted octanol–water partition coefficient (Wildman–Crippen LogP) is 3.00. The van der Waals surface area contributed by atoms with Gasteiger partial charge in [0.2, 0.25) is 5.91 Å². The number of hydrogen-bond donors (Lipinski definition) is 2. The second-order valence-electron chi connectivity index (χ2n) is 7.71. The Morgan fingerprint density at radius 2 is 2.07 bits per heavy atom. The molecule has 4 rings (SSSR count). The lowest BCUT2D eigenvalue weighted by Crippen LogP contribution is -2.35. The van der Waals surface area contributed by atoms with Gasteiger partial charge >= 0.3 is 6.03 Å². The van der Waals surface area contributed by atoms with Crippen LogP contribution < -0.4 is 15.5 Å². The van der Waals surface area contributed by atoms with E-state index in [9.17, 15) is 9.59 Å². The number of anilines is 2. The van der Waals surface area contributed by atoms with Gasteiger partial charge in [0.1, 0.15) is 0 Å². The van der Waals surface area contributed by atoms with Crippen LogP contribution in [0.4, 0.5) is 16.2 Å². The number of urea groups is 1. The molecule has 1 aliphatic heterocycles. The zero-order chi connectivity index (χ0) is 18.9. The number of carbonyl (C=O) groups is 2. The zero-order valence-electron chi connectivity index (χ0n) is 15.5. The molecule has 7 nitrogen and oxygen atoms in total. The first-order valence-electron chi connectivity index (χ1n) is 9.49. The van der Waals surface area contributed by atoms with Gasteiger partial charge in [-0.3, -0.25) is 9.48 Å². The van der Waals surface area contributed by atoms with Crippen LogP contribution in [0.2, 0.25) is 0 Å². The van der Waals surface area contributed by atoms with Gasteiger partial charge in [0.05, 0.1) is 0 Å². The van der Waals surface area contributed by atoms with E-state index in [1.165, 1.54) is 0 Å². The highest BCUT2D eigenvalue weighted by atomic mass is 16.2. The number of benzene rings is 1. The van der Waals surface area contributed by atoms with Crippen molar-refractivity contribution in [2.75, 3.05) is 16.8 Å². The number of hydrogen-bond acceptors (Lipinski definition) is 3. The highest BCUT2D eigenvalue weighted by Gasteiger charge is 2.43. The van der Waals surface area contributed by atoms with Crippen LogP contribution in [0.25, 0.3) is 0 Å². The third-order valence-electron chi connectivity index (χ3n) is 5.53. The molecule has 2 N–H and O–H groups in total. The van der Waals surface area contributed by atoms with Crippen molar-refractivity contribution in [1.82, 2.24) is 15.1 Å². The van der Waals surface area contributed by atoms with Gasteiger partial charge in [-0.05, 0) is 56.5 Å². The fraction of sp³-hybridized carbons (Fsp3) is 0.450.